The molecule has 1 unspecified atom stereocenters. The summed E-state index contributed by atoms with van der Waals surface area (Å²) in [4.78, 5) is 37.9. The number of aliphatic hydroxyl groups excluding tert-OH is 1. The minimum absolute atomic E-state index is 0.0971. The Hall–Kier alpha value is -2.84. The predicted molar refractivity (Wildman–Crippen MR) is 90.7 cm³/mol. The summed E-state index contributed by atoms with van der Waals surface area (Å²) in [7, 11) is 0. The summed E-state index contributed by atoms with van der Waals surface area (Å²) in [5.41, 5.74) is -4.93. The Kier molecular flexibility index (Phi) is 5.62. The summed E-state index contributed by atoms with van der Waals surface area (Å²) < 4.78 is 42.2. The second-order valence-electron chi connectivity index (χ2n) is 6.14. The molecule has 6 nitrogen and oxygen atoms in total. The molecule has 27 heavy (non-hydrogen) atoms. The highest BCUT2D eigenvalue weighted by Gasteiger charge is 2.72. The maximum atomic E-state index is 14.1. The van der Waals surface area contributed by atoms with Crippen molar-refractivity contribution in [2.75, 3.05) is 4.90 Å². The zero-order valence-corrected chi connectivity index (χ0v) is 14.8. The van der Waals surface area contributed by atoms with Crippen LogP contribution in [0.1, 0.15) is 33.1 Å². The number of alkyl halides is 3. The van der Waals surface area contributed by atoms with Gasteiger partial charge in [-0.25, -0.2) is 4.90 Å². The van der Waals surface area contributed by atoms with Crippen LogP contribution >= 0.6 is 0 Å². The van der Waals surface area contributed by atoms with E-state index in [0.29, 0.717) is 17.7 Å². The van der Waals surface area contributed by atoms with E-state index in [-0.39, 0.29) is 12.1 Å². The van der Waals surface area contributed by atoms with Crippen molar-refractivity contribution in [1.82, 2.24) is 5.32 Å². The van der Waals surface area contributed by atoms with Gasteiger partial charge in [0.1, 0.15) is 5.76 Å². The number of nitrogens with one attached hydrogen (secondary N) is 1. The molecule has 0 aromatic heterocycles. The van der Waals surface area contributed by atoms with Gasteiger partial charge in [-0.2, -0.15) is 13.2 Å². The van der Waals surface area contributed by atoms with Gasteiger partial charge >= 0.3 is 6.18 Å². The van der Waals surface area contributed by atoms with Crippen LogP contribution in [0.3, 0.4) is 0 Å². The second-order valence-corrected chi connectivity index (χ2v) is 6.14. The van der Waals surface area contributed by atoms with Crippen molar-refractivity contribution < 1.29 is 32.7 Å². The van der Waals surface area contributed by atoms with Crippen molar-refractivity contribution in [3.63, 3.8) is 0 Å². The molecule has 0 radical (unpaired) electrons. The lowest BCUT2D eigenvalue weighted by atomic mass is 9.89. The molecule has 1 heterocycles. The minimum atomic E-state index is -5.34. The van der Waals surface area contributed by atoms with Gasteiger partial charge in [-0.15, -0.1) is 0 Å². The quantitative estimate of drug-likeness (QED) is 0.464. The standard InChI is InChI=1S/C18H19F3N2O4/c1-3-4-10-13(25)22-17(18(19,20)21)14(11(2)24)15(26)23(16(17)27)12-8-6-5-7-9-12/h5-9,24H,3-4,10H2,1-2H3,(H,22,25)/b14-11+. The first-order valence-corrected chi connectivity index (χ1v) is 8.30. The first-order valence-electron chi connectivity index (χ1n) is 8.30. The normalized spacial score (nSPS) is 22.2. The van der Waals surface area contributed by atoms with Gasteiger partial charge in [-0.05, 0) is 25.5 Å². The number of carbonyl (C=O) groups is 3. The fraction of sp³-hybridized carbons (Fsp3) is 0.389. The fourth-order valence-corrected chi connectivity index (χ4v) is 2.94. The third-order valence-electron chi connectivity index (χ3n) is 4.20. The number of carbonyl (C=O) groups excluding carboxylic acids is 3. The molecule has 0 bridgehead atoms. The molecule has 9 heteroatoms. The number of anilines is 1. The van der Waals surface area contributed by atoms with Crippen LogP contribution in [-0.2, 0) is 14.4 Å². The average molecular weight is 384 g/mol. The van der Waals surface area contributed by atoms with E-state index in [0.717, 1.165) is 6.92 Å². The van der Waals surface area contributed by atoms with Crippen molar-refractivity contribution >= 4 is 23.4 Å². The van der Waals surface area contributed by atoms with Gasteiger partial charge in [0.15, 0.2) is 0 Å². The molecule has 2 N–H and O–H groups in total. The maximum Gasteiger partial charge on any atom is 0.425 e. The summed E-state index contributed by atoms with van der Waals surface area (Å²) >= 11 is 0. The first kappa shape index (κ1) is 20.5. The molecule has 0 spiro atoms. The summed E-state index contributed by atoms with van der Waals surface area (Å²) in [6.07, 6.45) is -4.73. The topological polar surface area (TPSA) is 86.7 Å². The van der Waals surface area contributed by atoms with E-state index in [1.807, 2.05) is 0 Å². The minimum Gasteiger partial charge on any atom is -0.512 e. The molecule has 1 aliphatic rings. The van der Waals surface area contributed by atoms with Gasteiger partial charge < -0.3 is 10.4 Å². The third kappa shape index (κ3) is 3.41. The van der Waals surface area contributed by atoms with E-state index in [4.69, 9.17) is 0 Å². The SMILES string of the molecule is CCCCC(=O)NC1(C(F)(F)F)C(=O)N(c2ccccc2)C(=O)/C1=C(/C)O. The number of unbranched alkanes of at least 4 members (excludes halogenated alkanes) is 1. The van der Waals surface area contributed by atoms with Crippen LogP contribution in [-0.4, -0.2) is 34.5 Å². The van der Waals surface area contributed by atoms with Gasteiger partial charge in [-0.3, -0.25) is 14.4 Å². The molecule has 0 aliphatic carbocycles. The molecule has 146 valence electrons. The van der Waals surface area contributed by atoms with Crippen molar-refractivity contribution in [1.29, 1.82) is 0 Å². The molecule has 1 aliphatic heterocycles. The Balaban J connectivity index is 2.66. The zero-order valence-electron chi connectivity index (χ0n) is 14.8. The number of rotatable bonds is 5. The molecule has 2 rings (SSSR count). The van der Waals surface area contributed by atoms with Crippen molar-refractivity contribution in [2.24, 2.45) is 0 Å². The van der Waals surface area contributed by atoms with E-state index in [1.165, 1.54) is 24.3 Å². The van der Waals surface area contributed by atoms with Gasteiger partial charge in [0.2, 0.25) is 5.91 Å². The summed E-state index contributed by atoms with van der Waals surface area (Å²) in [6.45, 7) is 2.62. The Morgan fingerprint density at radius 3 is 2.30 bits per heavy atom. The summed E-state index contributed by atoms with van der Waals surface area (Å²) in [5.74, 6) is -5.04. The molecular formula is C18H19F3N2O4. The van der Waals surface area contributed by atoms with Crippen molar-refractivity contribution in [2.45, 2.75) is 44.8 Å². The van der Waals surface area contributed by atoms with Crippen LogP contribution in [0.5, 0.6) is 0 Å². The number of nitrogens with zero attached hydrogens (tertiary/aromatic N) is 1. The Morgan fingerprint density at radius 1 is 1.22 bits per heavy atom. The van der Waals surface area contributed by atoms with Gasteiger partial charge in [0.25, 0.3) is 17.4 Å². The van der Waals surface area contributed by atoms with Crippen LogP contribution in [0.15, 0.2) is 41.7 Å². The maximum absolute atomic E-state index is 14.1. The number of hydrogen-bond acceptors (Lipinski definition) is 4. The van der Waals surface area contributed by atoms with Gasteiger partial charge in [0.05, 0.1) is 11.3 Å². The smallest absolute Gasteiger partial charge is 0.425 e. The van der Waals surface area contributed by atoms with Gasteiger partial charge in [-0.1, -0.05) is 31.5 Å². The van der Waals surface area contributed by atoms with E-state index in [2.05, 4.69) is 0 Å². The lowest BCUT2D eigenvalue weighted by Gasteiger charge is -2.31. The molecule has 1 fully saturated rings. The molecule has 1 aromatic carbocycles. The summed E-state index contributed by atoms with van der Waals surface area (Å²) in [5, 5.41) is 11.5. The number of halogens is 3. The highest BCUT2D eigenvalue weighted by atomic mass is 19.4. The summed E-state index contributed by atoms with van der Waals surface area (Å²) in [6, 6.07) is 7.01. The second kappa shape index (κ2) is 7.42. The number of imide groups is 1. The number of allylic oxidation sites excluding steroid dienone is 1. The Bertz CT molecular complexity index is 786. The monoisotopic (exact) mass is 384 g/mol. The highest BCUT2D eigenvalue weighted by Crippen LogP contribution is 2.45. The Morgan fingerprint density at radius 2 is 1.81 bits per heavy atom. The van der Waals surface area contributed by atoms with E-state index in [1.54, 1.807) is 18.3 Å². The molecule has 1 saturated heterocycles. The van der Waals surface area contributed by atoms with Crippen molar-refractivity contribution in [3.8, 4) is 0 Å². The van der Waals surface area contributed by atoms with Crippen molar-refractivity contribution in [3.05, 3.63) is 41.7 Å². The lowest BCUT2D eigenvalue weighted by molar-refractivity contribution is -0.189. The molecular weight excluding hydrogens is 365 g/mol. The van der Waals surface area contributed by atoms with Crippen LogP contribution < -0.4 is 10.2 Å². The van der Waals surface area contributed by atoms with E-state index in [9.17, 15) is 32.7 Å². The molecule has 1 aromatic rings. The molecule has 0 saturated carbocycles. The average Bonchev–Trinajstić information content (AvgIpc) is 2.81. The number of aliphatic hydroxyl groups is 1. The number of benzene rings is 1. The number of para-hydroxylation sites is 1. The predicted octanol–water partition coefficient (Wildman–Crippen LogP) is 3.00. The number of hydrogen-bond donors (Lipinski definition) is 2. The number of amides is 3. The first-order chi connectivity index (χ1) is 12.6. The Labute approximate surface area is 153 Å². The van der Waals surface area contributed by atoms with Crippen LogP contribution in [0, 0.1) is 0 Å². The highest BCUT2D eigenvalue weighted by molar-refractivity contribution is 6.34. The van der Waals surface area contributed by atoms with E-state index < -0.39 is 40.8 Å². The van der Waals surface area contributed by atoms with Crippen LogP contribution in [0.25, 0.3) is 0 Å². The van der Waals surface area contributed by atoms with Gasteiger partial charge in [0, 0.05) is 6.42 Å². The zero-order chi connectivity index (χ0) is 20.4. The third-order valence-corrected chi connectivity index (χ3v) is 4.20. The largest absolute Gasteiger partial charge is 0.512 e. The fourth-order valence-electron chi connectivity index (χ4n) is 2.94. The van der Waals surface area contributed by atoms with E-state index >= 15 is 0 Å². The lowest BCUT2D eigenvalue weighted by Crippen LogP contribution is -2.64. The molecule has 1 atom stereocenters. The van der Waals surface area contributed by atoms with Crippen LogP contribution in [0.2, 0.25) is 0 Å². The van der Waals surface area contributed by atoms with Crippen LogP contribution in [0.4, 0.5) is 18.9 Å². The molecule has 3 amide bonds.